The minimum Gasteiger partial charge on any atom is -0.432 e. The summed E-state index contributed by atoms with van der Waals surface area (Å²) in [5, 5.41) is 2.64. The van der Waals surface area contributed by atoms with Crippen LogP contribution in [0.2, 0.25) is 5.02 Å². The van der Waals surface area contributed by atoms with Crippen molar-refractivity contribution in [3.05, 3.63) is 34.5 Å². The molecule has 0 atom stereocenters. The van der Waals surface area contributed by atoms with Crippen LogP contribution < -0.4 is 14.8 Å². The van der Waals surface area contributed by atoms with Crippen molar-refractivity contribution in [3.63, 3.8) is 0 Å². The van der Waals surface area contributed by atoms with Gasteiger partial charge in [0.1, 0.15) is 9.92 Å². The maximum atomic E-state index is 13.7. The molecule has 228 valence electrons. The van der Waals surface area contributed by atoms with Crippen LogP contribution in [0.15, 0.2) is 23.1 Å². The predicted octanol–water partition coefficient (Wildman–Crippen LogP) is 6.28. The first-order valence-electron chi connectivity index (χ1n) is 14.2. The number of hydrogen-bond acceptors (Lipinski definition) is 5. The van der Waals surface area contributed by atoms with Crippen molar-refractivity contribution in [1.82, 2.24) is 14.6 Å². The zero-order chi connectivity index (χ0) is 29.9. The molecule has 1 aliphatic carbocycles. The van der Waals surface area contributed by atoms with E-state index in [2.05, 4.69) is 10.0 Å². The lowest BCUT2D eigenvalue weighted by Crippen LogP contribution is -2.40. The van der Waals surface area contributed by atoms with E-state index in [1.165, 1.54) is 18.6 Å². The number of nitrogens with zero attached hydrogens (tertiary/aromatic N) is 1. The van der Waals surface area contributed by atoms with Crippen LogP contribution in [0.1, 0.15) is 81.8 Å². The van der Waals surface area contributed by atoms with E-state index >= 15 is 0 Å². The van der Waals surface area contributed by atoms with Crippen LogP contribution >= 0.6 is 11.6 Å². The molecule has 41 heavy (non-hydrogen) atoms. The third-order valence-corrected chi connectivity index (χ3v) is 9.90. The normalized spacial score (nSPS) is 17.7. The fourth-order valence-corrected chi connectivity index (χ4v) is 7.68. The van der Waals surface area contributed by atoms with E-state index in [0.29, 0.717) is 55.5 Å². The summed E-state index contributed by atoms with van der Waals surface area (Å²) in [4.78, 5) is 13.1. The molecule has 2 N–H and O–H groups in total. The highest BCUT2D eigenvalue weighted by Gasteiger charge is 2.31. The van der Waals surface area contributed by atoms with Crippen LogP contribution in [-0.2, 0) is 21.3 Å². The van der Waals surface area contributed by atoms with E-state index in [9.17, 15) is 22.0 Å². The molecule has 0 bridgehead atoms. The molecule has 2 aromatic rings. The first kappa shape index (κ1) is 31.7. The molecule has 2 aliphatic rings. The lowest BCUT2D eigenvalue weighted by atomic mass is 9.89. The Morgan fingerprint density at radius 2 is 1.80 bits per heavy atom. The third-order valence-electron chi connectivity index (χ3n) is 7.61. The van der Waals surface area contributed by atoms with Crippen molar-refractivity contribution >= 4 is 27.5 Å². The smallest absolute Gasteiger partial charge is 0.387 e. The van der Waals surface area contributed by atoms with Gasteiger partial charge in [0.25, 0.3) is 5.91 Å². The van der Waals surface area contributed by atoms with Crippen LogP contribution in [-0.4, -0.2) is 50.3 Å². The molecule has 1 saturated carbocycles. The number of benzene rings is 1. The summed E-state index contributed by atoms with van der Waals surface area (Å²) in [6.07, 6.45) is 6.86. The number of rotatable bonds is 9. The first-order chi connectivity index (χ1) is 19.3. The number of hydrogen-bond donors (Lipinski definition) is 2. The van der Waals surface area contributed by atoms with Crippen molar-refractivity contribution in [1.29, 1.82) is 0 Å². The fraction of sp³-hybridized carbons (Fsp3) is 0.621. The Hall–Kier alpha value is -2.21. The predicted molar refractivity (Wildman–Crippen MR) is 154 cm³/mol. The van der Waals surface area contributed by atoms with Gasteiger partial charge in [0.2, 0.25) is 10.0 Å². The van der Waals surface area contributed by atoms with Crippen LogP contribution in [0.25, 0.3) is 11.3 Å². The highest BCUT2D eigenvalue weighted by atomic mass is 35.5. The van der Waals surface area contributed by atoms with Gasteiger partial charge in [-0.05, 0) is 77.5 Å². The van der Waals surface area contributed by atoms with Gasteiger partial charge in [-0.25, -0.2) is 13.1 Å². The summed E-state index contributed by atoms with van der Waals surface area (Å²) in [6, 6.07) is 4.36. The first-order valence-corrected chi connectivity index (χ1v) is 16.0. The second-order valence-corrected chi connectivity index (χ2v) is 14.0. The van der Waals surface area contributed by atoms with Gasteiger partial charge in [0, 0.05) is 42.6 Å². The average molecular weight is 616 g/mol. The van der Waals surface area contributed by atoms with Gasteiger partial charge < -0.3 is 19.4 Å². The summed E-state index contributed by atoms with van der Waals surface area (Å²) in [7, 11) is -4.16. The van der Waals surface area contributed by atoms with Gasteiger partial charge in [-0.2, -0.15) is 8.78 Å². The van der Waals surface area contributed by atoms with Crippen molar-refractivity contribution in [2.24, 2.45) is 5.92 Å². The monoisotopic (exact) mass is 615 g/mol. The average Bonchev–Trinajstić information content (AvgIpc) is 3.20. The standard InChI is InChI=1S/C29H40ClF2N3O5S/c1-18-22(27(36)33-20-12-14-39-15-13-20)16-23(35(18)17-19-8-6-5-7-9-19)21-10-11-24(25(30)26(21)40-28(31)32)41(37,38)34-29(2,3)4/h10-11,16,19-20,28,34H,5-9,12-15,17H2,1-4H3,(H,33,36). The zero-order valence-corrected chi connectivity index (χ0v) is 25.6. The molecule has 4 rings (SSSR count). The van der Waals surface area contributed by atoms with Gasteiger partial charge in [-0.15, -0.1) is 0 Å². The molecule has 1 aromatic heterocycles. The van der Waals surface area contributed by atoms with E-state index in [4.69, 9.17) is 21.1 Å². The minimum atomic E-state index is -4.16. The van der Waals surface area contributed by atoms with Crippen LogP contribution in [0.4, 0.5) is 8.78 Å². The lowest BCUT2D eigenvalue weighted by molar-refractivity contribution is -0.0495. The number of alkyl halides is 2. The molecule has 1 amide bonds. The molecule has 1 saturated heterocycles. The van der Waals surface area contributed by atoms with Gasteiger partial charge in [0.05, 0.1) is 11.3 Å². The van der Waals surface area contributed by atoms with E-state index in [1.807, 2.05) is 11.5 Å². The van der Waals surface area contributed by atoms with Crippen molar-refractivity contribution in [3.8, 4) is 17.0 Å². The summed E-state index contributed by atoms with van der Waals surface area (Å²) in [6.45, 7) is 5.31. The number of carbonyl (C=O) groups is 1. The molecule has 0 radical (unpaired) electrons. The summed E-state index contributed by atoms with van der Waals surface area (Å²) in [5.74, 6) is -0.350. The van der Waals surface area contributed by atoms with E-state index in [1.54, 1.807) is 26.8 Å². The molecule has 1 aliphatic heterocycles. The highest BCUT2D eigenvalue weighted by Crippen LogP contribution is 2.43. The SMILES string of the molecule is Cc1c(C(=O)NC2CCOCC2)cc(-c2ccc(S(=O)(=O)NC(C)(C)C)c(Cl)c2OC(F)F)n1CC1CCCCC1. The summed E-state index contributed by atoms with van der Waals surface area (Å²) in [5.41, 5.74) is 0.945. The van der Waals surface area contributed by atoms with Gasteiger partial charge in [-0.1, -0.05) is 30.9 Å². The lowest BCUT2D eigenvalue weighted by Gasteiger charge is -2.25. The maximum absolute atomic E-state index is 13.7. The zero-order valence-electron chi connectivity index (χ0n) is 24.1. The molecular weight excluding hydrogens is 576 g/mol. The second-order valence-electron chi connectivity index (χ2n) is 12.0. The molecule has 2 fully saturated rings. The van der Waals surface area contributed by atoms with Gasteiger partial charge >= 0.3 is 6.61 Å². The van der Waals surface area contributed by atoms with Gasteiger partial charge in [0.15, 0.2) is 5.75 Å². The third kappa shape index (κ3) is 7.80. The number of nitrogens with one attached hydrogen (secondary N) is 2. The number of carbonyl (C=O) groups excluding carboxylic acids is 1. The molecule has 0 unspecified atom stereocenters. The Balaban J connectivity index is 1.82. The molecule has 0 spiro atoms. The number of ether oxygens (including phenoxy) is 2. The van der Waals surface area contributed by atoms with Crippen LogP contribution in [0.5, 0.6) is 5.75 Å². The number of halogens is 3. The van der Waals surface area contributed by atoms with Crippen molar-refractivity contribution < 1.29 is 31.5 Å². The molecular formula is C29H40ClF2N3O5S. The number of amides is 1. The Morgan fingerprint density at radius 3 is 2.41 bits per heavy atom. The largest absolute Gasteiger partial charge is 0.432 e. The Bertz CT molecular complexity index is 1350. The van der Waals surface area contributed by atoms with E-state index in [-0.39, 0.29) is 22.4 Å². The fourth-order valence-electron chi connectivity index (χ4n) is 5.68. The highest BCUT2D eigenvalue weighted by molar-refractivity contribution is 7.89. The minimum absolute atomic E-state index is 0.0206. The van der Waals surface area contributed by atoms with Crippen molar-refractivity contribution in [2.75, 3.05) is 13.2 Å². The summed E-state index contributed by atoms with van der Waals surface area (Å²) < 4.78 is 68.4. The quantitative estimate of drug-likeness (QED) is 0.346. The van der Waals surface area contributed by atoms with Gasteiger partial charge in [-0.3, -0.25) is 4.79 Å². The Kier molecular flexibility index (Phi) is 10.0. The maximum Gasteiger partial charge on any atom is 0.387 e. The van der Waals surface area contributed by atoms with Crippen LogP contribution in [0, 0.1) is 12.8 Å². The molecule has 8 nitrogen and oxygen atoms in total. The van der Waals surface area contributed by atoms with E-state index in [0.717, 1.165) is 25.7 Å². The molecule has 12 heteroatoms. The Morgan fingerprint density at radius 1 is 1.15 bits per heavy atom. The number of aromatic nitrogens is 1. The number of sulfonamides is 1. The van der Waals surface area contributed by atoms with Crippen LogP contribution in [0.3, 0.4) is 0 Å². The molecule has 2 heterocycles. The molecule has 1 aromatic carbocycles. The second kappa shape index (κ2) is 13.0. The van der Waals surface area contributed by atoms with Crippen molar-refractivity contribution in [2.45, 2.75) is 102 Å². The topological polar surface area (TPSA) is 98.7 Å². The summed E-state index contributed by atoms with van der Waals surface area (Å²) >= 11 is 6.53. The Labute approximate surface area is 246 Å². The van der Waals surface area contributed by atoms with E-state index < -0.39 is 32.9 Å².